The predicted octanol–water partition coefficient (Wildman–Crippen LogP) is 1.46. The van der Waals surface area contributed by atoms with Crippen LogP contribution in [0.15, 0.2) is 18.2 Å². The fraction of sp³-hybridized carbons (Fsp3) is 0.647. The monoisotopic (exact) mass is 294 g/mol. The van der Waals surface area contributed by atoms with Gasteiger partial charge in [0.25, 0.3) is 0 Å². The van der Waals surface area contributed by atoms with E-state index in [1.807, 2.05) is 12.1 Å². The lowest BCUT2D eigenvalue weighted by molar-refractivity contribution is -0.915. The second kappa shape index (κ2) is 7.66. The van der Waals surface area contributed by atoms with Crippen molar-refractivity contribution >= 4 is 0 Å². The van der Waals surface area contributed by atoms with Crippen LogP contribution in [-0.2, 0) is 4.74 Å². The summed E-state index contributed by atoms with van der Waals surface area (Å²) in [7, 11) is 1.68. The molecule has 4 heteroatoms. The van der Waals surface area contributed by atoms with Gasteiger partial charge in [0.1, 0.15) is 25.3 Å². The molecule has 1 aliphatic heterocycles. The molecule has 21 heavy (non-hydrogen) atoms. The number of methoxy groups -OCH3 is 1. The van der Waals surface area contributed by atoms with Gasteiger partial charge in [-0.3, -0.25) is 0 Å². The van der Waals surface area contributed by atoms with Crippen LogP contribution in [0.25, 0.3) is 0 Å². The Labute approximate surface area is 128 Å². The van der Waals surface area contributed by atoms with Gasteiger partial charge in [0.2, 0.25) is 0 Å². The molecule has 0 radical (unpaired) electrons. The summed E-state index contributed by atoms with van der Waals surface area (Å²) in [5.41, 5.74) is 1.18. The first-order valence-electron chi connectivity index (χ1n) is 7.85. The Kier molecular flexibility index (Phi) is 5.88. The van der Waals surface area contributed by atoms with Gasteiger partial charge in [-0.25, -0.2) is 0 Å². The molecule has 1 heterocycles. The van der Waals surface area contributed by atoms with Gasteiger partial charge in [0.05, 0.1) is 20.3 Å². The molecule has 0 aliphatic carbocycles. The molecule has 1 fully saturated rings. The van der Waals surface area contributed by atoms with Gasteiger partial charge in [-0.2, -0.15) is 0 Å². The van der Waals surface area contributed by atoms with Crippen molar-refractivity contribution in [3.63, 3.8) is 0 Å². The molecular weight excluding hydrogens is 266 g/mol. The van der Waals surface area contributed by atoms with E-state index in [1.54, 1.807) is 12.0 Å². The van der Waals surface area contributed by atoms with Crippen molar-refractivity contribution in [2.75, 3.05) is 33.4 Å². The predicted molar refractivity (Wildman–Crippen MR) is 83.4 cm³/mol. The van der Waals surface area contributed by atoms with E-state index in [-0.39, 0.29) is 0 Å². The van der Waals surface area contributed by atoms with Gasteiger partial charge in [-0.05, 0) is 38.5 Å². The lowest BCUT2D eigenvalue weighted by Gasteiger charge is -2.32. The van der Waals surface area contributed by atoms with E-state index in [1.165, 1.54) is 5.56 Å². The van der Waals surface area contributed by atoms with Gasteiger partial charge in [-0.1, -0.05) is 6.07 Å². The molecule has 1 aromatic carbocycles. The van der Waals surface area contributed by atoms with E-state index >= 15 is 0 Å². The van der Waals surface area contributed by atoms with Crippen LogP contribution in [0.4, 0.5) is 0 Å². The maximum absolute atomic E-state index is 5.86. The van der Waals surface area contributed by atoms with Crippen molar-refractivity contribution < 1.29 is 19.1 Å². The van der Waals surface area contributed by atoms with Crippen molar-refractivity contribution in [1.29, 1.82) is 0 Å². The van der Waals surface area contributed by atoms with Gasteiger partial charge in [0, 0.05) is 6.42 Å². The molecule has 0 bridgehead atoms. The van der Waals surface area contributed by atoms with E-state index in [2.05, 4.69) is 26.8 Å². The van der Waals surface area contributed by atoms with Crippen LogP contribution in [-0.4, -0.2) is 45.6 Å². The third-order valence-corrected chi connectivity index (χ3v) is 3.87. The minimum atomic E-state index is 0.363. The molecule has 2 rings (SSSR count). The highest BCUT2D eigenvalue weighted by Gasteiger charge is 2.24. The summed E-state index contributed by atoms with van der Waals surface area (Å²) < 4.78 is 17.0. The zero-order chi connectivity index (χ0) is 15.2. The number of benzene rings is 1. The standard InChI is InChI=1S/C17H27NO3/c1-13-6-7-16(17(10-13)19-4)20-9-5-8-18-11-14(2)21-15(3)12-18/h6-7,10,14-15H,5,8-9,11-12H2,1-4H3/p+1/t14-,15-/m1/s1. The van der Waals surface area contributed by atoms with Crippen LogP contribution in [0.3, 0.4) is 0 Å². The normalized spacial score (nSPS) is 25.6. The first-order valence-corrected chi connectivity index (χ1v) is 7.85. The fourth-order valence-corrected chi connectivity index (χ4v) is 2.99. The second-order valence-electron chi connectivity index (χ2n) is 6.02. The lowest BCUT2D eigenvalue weighted by atomic mass is 10.2. The average molecular weight is 294 g/mol. The van der Waals surface area contributed by atoms with Crippen LogP contribution in [0, 0.1) is 6.92 Å². The van der Waals surface area contributed by atoms with Crippen molar-refractivity contribution in [3.8, 4) is 11.5 Å². The van der Waals surface area contributed by atoms with E-state index < -0.39 is 0 Å². The minimum absolute atomic E-state index is 0.363. The summed E-state index contributed by atoms with van der Waals surface area (Å²) in [6, 6.07) is 6.04. The first-order chi connectivity index (χ1) is 10.1. The molecular formula is C17H28NO3+. The van der Waals surface area contributed by atoms with Crippen molar-refractivity contribution in [2.24, 2.45) is 0 Å². The molecule has 0 saturated carbocycles. The third kappa shape index (κ3) is 4.90. The summed E-state index contributed by atoms with van der Waals surface area (Å²) in [5, 5.41) is 0. The largest absolute Gasteiger partial charge is 0.493 e. The summed E-state index contributed by atoms with van der Waals surface area (Å²) in [5.74, 6) is 1.65. The zero-order valence-corrected chi connectivity index (χ0v) is 13.6. The van der Waals surface area contributed by atoms with E-state index in [0.29, 0.717) is 12.2 Å². The SMILES string of the molecule is COc1cc(C)ccc1OCCC[NH+]1C[C@@H](C)O[C@H](C)C1. The number of rotatable bonds is 6. The zero-order valence-electron chi connectivity index (χ0n) is 13.6. The van der Waals surface area contributed by atoms with Gasteiger partial charge < -0.3 is 19.1 Å². The average Bonchev–Trinajstić information content (AvgIpc) is 2.43. The highest BCUT2D eigenvalue weighted by molar-refractivity contribution is 5.42. The Bertz CT molecular complexity index is 440. The minimum Gasteiger partial charge on any atom is -0.493 e. The number of morpholine rings is 1. The van der Waals surface area contributed by atoms with Crippen LogP contribution >= 0.6 is 0 Å². The summed E-state index contributed by atoms with van der Waals surface area (Å²) in [4.78, 5) is 1.61. The van der Waals surface area contributed by atoms with Crippen LogP contribution in [0.2, 0.25) is 0 Å². The number of aryl methyl sites for hydroxylation is 1. The van der Waals surface area contributed by atoms with Gasteiger partial charge in [0.15, 0.2) is 11.5 Å². The summed E-state index contributed by atoms with van der Waals surface area (Å²) in [6.07, 6.45) is 1.77. The number of hydrogen-bond acceptors (Lipinski definition) is 3. The quantitative estimate of drug-likeness (QED) is 0.806. The van der Waals surface area contributed by atoms with Gasteiger partial charge in [-0.15, -0.1) is 0 Å². The molecule has 1 N–H and O–H groups in total. The number of hydrogen-bond donors (Lipinski definition) is 1. The second-order valence-corrected chi connectivity index (χ2v) is 6.02. The van der Waals surface area contributed by atoms with Crippen molar-refractivity contribution in [1.82, 2.24) is 0 Å². The number of nitrogens with one attached hydrogen (secondary N) is 1. The third-order valence-electron chi connectivity index (χ3n) is 3.87. The van der Waals surface area contributed by atoms with E-state index in [9.17, 15) is 0 Å². The fourth-order valence-electron chi connectivity index (χ4n) is 2.99. The molecule has 0 unspecified atom stereocenters. The smallest absolute Gasteiger partial charge is 0.161 e. The van der Waals surface area contributed by atoms with Crippen LogP contribution in [0.1, 0.15) is 25.8 Å². The Morgan fingerprint density at radius 2 is 1.90 bits per heavy atom. The topological polar surface area (TPSA) is 32.1 Å². The first kappa shape index (κ1) is 16.1. The molecule has 118 valence electrons. The van der Waals surface area contributed by atoms with Gasteiger partial charge >= 0.3 is 0 Å². The molecule has 0 amide bonds. The lowest BCUT2D eigenvalue weighted by Crippen LogP contribution is -3.15. The molecule has 4 nitrogen and oxygen atoms in total. The molecule has 0 aromatic heterocycles. The summed E-state index contributed by atoms with van der Waals surface area (Å²) in [6.45, 7) is 10.4. The van der Waals surface area contributed by atoms with Crippen molar-refractivity contribution in [2.45, 2.75) is 39.4 Å². The van der Waals surface area contributed by atoms with E-state index in [4.69, 9.17) is 14.2 Å². The van der Waals surface area contributed by atoms with Crippen LogP contribution < -0.4 is 14.4 Å². The molecule has 2 atom stereocenters. The van der Waals surface area contributed by atoms with Crippen molar-refractivity contribution in [3.05, 3.63) is 23.8 Å². The van der Waals surface area contributed by atoms with Crippen LogP contribution in [0.5, 0.6) is 11.5 Å². The molecule has 1 aliphatic rings. The number of ether oxygens (including phenoxy) is 3. The maximum Gasteiger partial charge on any atom is 0.161 e. The molecule has 1 aromatic rings. The highest BCUT2D eigenvalue weighted by Crippen LogP contribution is 2.27. The molecule has 0 spiro atoms. The van der Waals surface area contributed by atoms with E-state index in [0.717, 1.165) is 44.2 Å². The highest BCUT2D eigenvalue weighted by atomic mass is 16.5. The maximum atomic E-state index is 5.86. The Morgan fingerprint density at radius 3 is 2.57 bits per heavy atom. The Balaban J connectivity index is 1.74. The number of quaternary nitrogens is 1. The summed E-state index contributed by atoms with van der Waals surface area (Å²) >= 11 is 0. The molecule has 1 saturated heterocycles. The Hall–Kier alpha value is -1.26. The Morgan fingerprint density at radius 1 is 1.19 bits per heavy atom.